The Morgan fingerprint density at radius 2 is 1.72 bits per heavy atom. The molecular formula is C29H29N3O4. The third kappa shape index (κ3) is 5.42. The Bertz CT molecular complexity index is 1340. The average molecular weight is 484 g/mol. The van der Waals surface area contributed by atoms with Gasteiger partial charge in [-0.25, -0.2) is 4.98 Å². The van der Waals surface area contributed by atoms with Crippen molar-refractivity contribution >= 4 is 22.6 Å². The van der Waals surface area contributed by atoms with E-state index in [1.165, 1.54) is 0 Å². The van der Waals surface area contributed by atoms with Gasteiger partial charge in [0, 0.05) is 25.0 Å². The van der Waals surface area contributed by atoms with Crippen LogP contribution in [0.25, 0.3) is 10.9 Å². The fourth-order valence-corrected chi connectivity index (χ4v) is 4.25. The first-order chi connectivity index (χ1) is 17.7. The molecule has 0 unspecified atom stereocenters. The van der Waals surface area contributed by atoms with Crippen molar-refractivity contribution in [1.29, 1.82) is 0 Å². The van der Waals surface area contributed by atoms with Gasteiger partial charge in [0.25, 0.3) is 5.91 Å². The number of aromatic nitrogens is 1. The summed E-state index contributed by atoms with van der Waals surface area (Å²) in [6, 6.07) is 25.5. The van der Waals surface area contributed by atoms with Crippen LogP contribution in [0.3, 0.4) is 0 Å². The summed E-state index contributed by atoms with van der Waals surface area (Å²) in [7, 11) is 1.64. The quantitative estimate of drug-likeness (QED) is 0.384. The number of carbonyl (C=O) groups excluding carboxylic acids is 1. The van der Waals surface area contributed by atoms with Crippen LogP contribution in [0.5, 0.6) is 11.5 Å². The number of para-hydroxylation sites is 1. The van der Waals surface area contributed by atoms with E-state index in [-0.39, 0.29) is 5.91 Å². The average Bonchev–Trinajstić information content (AvgIpc) is 2.95. The van der Waals surface area contributed by atoms with Crippen molar-refractivity contribution in [2.45, 2.75) is 13.2 Å². The van der Waals surface area contributed by atoms with Gasteiger partial charge < -0.3 is 24.4 Å². The molecule has 0 atom stereocenters. The van der Waals surface area contributed by atoms with Gasteiger partial charge in [0.1, 0.15) is 12.4 Å². The SMILES string of the molecule is COc1cc(CNc2cc(C(=O)N3CCOCC3)c3ccccc3n2)ccc1OCc1ccccc1. The van der Waals surface area contributed by atoms with Gasteiger partial charge in [0.15, 0.2) is 11.5 Å². The molecule has 2 heterocycles. The normalized spacial score (nSPS) is 13.4. The lowest BCUT2D eigenvalue weighted by atomic mass is 10.1. The Morgan fingerprint density at radius 1 is 0.944 bits per heavy atom. The summed E-state index contributed by atoms with van der Waals surface area (Å²) in [5, 5.41) is 4.23. The molecular weight excluding hydrogens is 454 g/mol. The van der Waals surface area contributed by atoms with Crippen molar-refractivity contribution in [2.24, 2.45) is 0 Å². The molecule has 5 rings (SSSR count). The first kappa shape index (κ1) is 23.6. The van der Waals surface area contributed by atoms with E-state index in [4.69, 9.17) is 19.2 Å². The van der Waals surface area contributed by atoms with E-state index < -0.39 is 0 Å². The minimum absolute atomic E-state index is 0.00142. The molecule has 1 N–H and O–H groups in total. The zero-order valence-electron chi connectivity index (χ0n) is 20.3. The van der Waals surface area contributed by atoms with Crippen molar-refractivity contribution in [2.75, 3.05) is 38.7 Å². The van der Waals surface area contributed by atoms with Gasteiger partial charge in [-0.2, -0.15) is 0 Å². The molecule has 0 radical (unpaired) electrons. The van der Waals surface area contributed by atoms with Crippen molar-refractivity contribution in [3.05, 3.63) is 95.6 Å². The predicted octanol–water partition coefficient (Wildman–Crippen LogP) is 4.91. The number of carbonyl (C=O) groups is 1. The smallest absolute Gasteiger partial charge is 0.254 e. The van der Waals surface area contributed by atoms with Crippen molar-refractivity contribution in [3.8, 4) is 11.5 Å². The monoisotopic (exact) mass is 483 g/mol. The fraction of sp³-hybridized carbons (Fsp3) is 0.241. The van der Waals surface area contributed by atoms with E-state index in [9.17, 15) is 4.79 Å². The number of pyridine rings is 1. The topological polar surface area (TPSA) is 72.9 Å². The maximum absolute atomic E-state index is 13.3. The number of ether oxygens (including phenoxy) is 3. The molecule has 1 aliphatic rings. The van der Waals surface area contributed by atoms with E-state index in [1.54, 1.807) is 7.11 Å². The van der Waals surface area contributed by atoms with Gasteiger partial charge in [0.2, 0.25) is 0 Å². The minimum atomic E-state index is 0.00142. The molecule has 184 valence electrons. The third-order valence-electron chi connectivity index (χ3n) is 6.18. The number of nitrogens with zero attached hydrogens (tertiary/aromatic N) is 2. The summed E-state index contributed by atoms with van der Waals surface area (Å²) in [5.41, 5.74) is 3.53. The Labute approximate surface area is 210 Å². The molecule has 0 aliphatic carbocycles. The second kappa shape index (κ2) is 11.1. The number of anilines is 1. The van der Waals surface area contributed by atoms with Gasteiger partial charge in [0.05, 0.1) is 31.4 Å². The van der Waals surface area contributed by atoms with E-state index in [0.29, 0.717) is 62.3 Å². The molecule has 1 amide bonds. The number of nitrogens with one attached hydrogen (secondary N) is 1. The lowest BCUT2D eigenvalue weighted by Crippen LogP contribution is -2.40. The first-order valence-electron chi connectivity index (χ1n) is 12.1. The zero-order valence-corrected chi connectivity index (χ0v) is 20.3. The first-order valence-corrected chi connectivity index (χ1v) is 12.1. The van der Waals surface area contributed by atoms with Crippen molar-refractivity contribution < 1.29 is 19.0 Å². The predicted molar refractivity (Wildman–Crippen MR) is 140 cm³/mol. The van der Waals surface area contributed by atoms with Crippen LogP contribution in [0.4, 0.5) is 5.82 Å². The van der Waals surface area contributed by atoms with E-state index in [2.05, 4.69) is 5.32 Å². The highest BCUT2D eigenvalue weighted by Crippen LogP contribution is 2.29. The lowest BCUT2D eigenvalue weighted by molar-refractivity contribution is 0.0304. The van der Waals surface area contributed by atoms with E-state index >= 15 is 0 Å². The van der Waals surface area contributed by atoms with Crippen molar-refractivity contribution in [3.63, 3.8) is 0 Å². The van der Waals surface area contributed by atoms with Crippen LogP contribution in [0.15, 0.2) is 78.9 Å². The standard InChI is InChI=1S/C29H29N3O4/c1-34-27-17-22(11-12-26(27)36-20-21-7-3-2-4-8-21)19-30-28-18-24(23-9-5-6-10-25(23)31-28)29(33)32-13-15-35-16-14-32/h2-12,17-18H,13-16,19-20H2,1H3,(H,30,31). The number of rotatable bonds is 8. The number of fused-ring (bicyclic) bond motifs is 1. The summed E-state index contributed by atoms with van der Waals surface area (Å²) in [6.07, 6.45) is 0. The molecule has 1 saturated heterocycles. The Balaban J connectivity index is 1.32. The highest BCUT2D eigenvalue weighted by Gasteiger charge is 2.21. The van der Waals surface area contributed by atoms with Crippen LogP contribution in [-0.2, 0) is 17.9 Å². The number of hydrogen-bond donors (Lipinski definition) is 1. The van der Waals surface area contributed by atoms with Crippen LogP contribution in [0.1, 0.15) is 21.5 Å². The Hall–Kier alpha value is -4.10. The number of morpholine rings is 1. The second-order valence-electron chi connectivity index (χ2n) is 8.59. The summed E-state index contributed by atoms with van der Waals surface area (Å²) >= 11 is 0. The second-order valence-corrected chi connectivity index (χ2v) is 8.59. The molecule has 0 spiro atoms. The van der Waals surface area contributed by atoms with Gasteiger partial charge in [-0.05, 0) is 35.4 Å². The molecule has 7 heteroatoms. The fourth-order valence-electron chi connectivity index (χ4n) is 4.25. The summed E-state index contributed by atoms with van der Waals surface area (Å²) in [4.78, 5) is 19.9. The van der Waals surface area contributed by atoms with Gasteiger partial charge in [-0.1, -0.05) is 54.6 Å². The third-order valence-corrected chi connectivity index (χ3v) is 6.18. The Morgan fingerprint density at radius 3 is 2.53 bits per heavy atom. The van der Waals surface area contributed by atoms with Crippen LogP contribution in [0, 0.1) is 0 Å². The molecule has 0 saturated carbocycles. The lowest BCUT2D eigenvalue weighted by Gasteiger charge is -2.27. The summed E-state index contributed by atoms with van der Waals surface area (Å²) < 4.78 is 17.0. The maximum atomic E-state index is 13.3. The molecule has 1 aliphatic heterocycles. The zero-order chi connectivity index (χ0) is 24.7. The number of amides is 1. The van der Waals surface area contributed by atoms with E-state index in [0.717, 1.165) is 22.0 Å². The van der Waals surface area contributed by atoms with E-state index in [1.807, 2.05) is 83.8 Å². The number of benzene rings is 3. The Kier molecular flexibility index (Phi) is 7.28. The van der Waals surface area contributed by atoms with Gasteiger partial charge in [-0.15, -0.1) is 0 Å². The summed E-state index contributed by atoms with van der Waals surface area (Å²) in [6.45, 7) is 3.30. The van der Waals surface area contributed by atoms with Crippen molar-refractivity contribution in [1.82, 2.24) is 9.88 Å². The molecule has 1 aromatic heterocycles. The van der Waals surface area contributed by atoms with Gasteiger partial charge in [-0.3, -0.25) is 4.79 Å². The molecule has 7 nitrogen and oxygen atoms in total. The number of hydrogen-bond acceptors (Lipinski definition) is 6. The number of methoxy groups -OCH3 is 1. The molecule has 3 aromatic carbocycles. The highest BCUT2D eigenvalue weighted by atomic mass is 16.5. The highest BCUT2D eigenvalue weighted by molar-refractivity contribution is 6.07. The molecule has 4 aromatic rings. The molecule has 1 fully saturated rings. The maximum Gasteiger partial charge on any atom is 0.254 e. The minimum Gasteiger partial charge on any atom is -0.493 e. The van der Waals surface area contributed by atoms with Crippen LogP contribution >= 0.6 is 0 Å². The van der Waals surface area contributed by atoms with Crippen LogP contribution in [-0.4, -0.2) is 49.2 Å². The summed E-state index contributed by atoms with van der Waals surface area (Å²) in [5.74, 6) is 2.00. The van der Waals surface area contributed by atoms with Gasteiger partial charge >= 0.3 is 0 Å². The molecule has 36 heavy (non-hydrogen) atoms. The molecule has 0 bridgehead atoms. The van der Waals surface area contributed by atoms with Crippen LogP contribution in [0.2, 0.25) is 0 Å². The largest absolute Gasteiger partial charge is 0.493 e. The van der Waals surface area contributed by atoms with Crippen LogP contribution < -0.4 is 14.8 Å².